The number of anilines is 1. The van der Waals surface area contributed by atoms with E-state index in [1.807, 2.05) is 23.1 Å². The molecular weight excluding hydrogens is 820 g/mol. The number of amides is 2. The van der Waals surface area contributed by atoms with Gasteiger partial charge < -0.3 is 38.5 Å². The quantitative estimate of drug-likeness (QED) is 0.132. The molecule has 0 bridgehead atoms. The van der Waals surface area contributed by atoms with Crippen molar-refractivity contribution in [3.8, 4) is 28.9 Å². The predicted molar refractivity (Wildman–Crippen MR) is 237 cm³/mol. The lowest BCUT2D eigenvalue weighted by atomic mass is 9.95. The van der Waals surface area contributed by atoms with Gasteiger partial charge in [0.25, 0.3) is 5.88 Å². The van der Waals surface area contributed by atoms with Gasteiger partial charge in [-0.2, -0.15) is 9.97 Å². The number of aromatic hydroxyl groups is 1. The van der Waals surface area contributed by atoms with Crippen LogP contribution in [0.3, 0.4) is 0 Å². The first-order valence-electron chi connectivity index (χ1n) is 23.3. The Morgan fingerprint density at radius 3 is 2.62 bits per heavy atom. The molecule has 5 fully saturated rings. The summed E-state index contributed by atoms with van der Waals surface area (Å²) in [4.78, 5) is 48.4. The van der Waals surface area contributed by atoms with Gasteiger partial charge in [-0.1, -0.05) is 38.0 Å². The van der Waals surface area contributed by atoms with Crippen LogP contribution >= 0.6 is 0 Å². The molecule has 2 amide bonds. The Labute approximate surface area is 371 Å². The number of nitrogens with zero attached hydrogens (tertiary/aromatic N) is 8. The largest absolute Gasteiger partial charge is 0.508 e. The van der Waals surface area contributed by atoms with E-state index in [9.17, 15) is 14.7 Å². The number of carbonyl (C=O) groups excluding carboxylic acids is 2. The van der Waals surface area contributed by atoms with Crippen molar-refractivity contribution in [3.63, 3.8) is 0 Å². The van der Waals surface area contributed by atoms with Crippen LogP contribution in [0.25, 0.3) is 32.9 Å². The van der Waals surface area contributed by atoms with Gasteiger partial charge in [0.05, 0.1) is 30.4 Å². The molecule has 0 radical (unpaired) electrons. The molecular formula is C48H57FN8O7. The van der Waals surface area contributed by atoms with Crippen molar-refractivity contribution in [2.24, 2.45) is 0 Å². The number of rotatable bonds is 12. The van der Waals surface area contributed by atoms with Crippen molar-refractivity contribution < 1.29 is 37.8 Å². The SMILES string of the molecule is CCc1cccc2cc(O)cc(-c3ncc4c(N5CCCCCC5)nc(OCC56CCCN5C(COC(=O)N5CC(Oc7cc(CC(=O)N8CCCC8C)on7)C5)CC6)nc4c3F)c12. The van der Waals surface area contributed by atoms with Gasteiger partial charge in [0.2, 0.25) is 5.91 Å². The minimum absolute atomic E-state index is 0.0258. The molecule has 3 atom stereocenters. The second-order valence-corrected chi connectivity index (χ2v) is 18.4. The summed E-state index contributed by atoms with van der Waals surface area (Å²) in [5.41, 5.74) is 1.52. The van der Waals surface area contributed by atoms with Crippen LogP contribution in [-0.4, -0.2) is 128 Å². The van der Waals surface area contributed by atoms with Crippen LogP contribution in [0.4, 0.5) is 15.0 Å². The maximum Gasteiger partial charge on any atom is 0.410 e. The minimum atomic E-state index is -0.579. The number of carbonyl (C=O) groups is 2. The summed E-state index contributed by atoms with van der Waals surface area (Å²) in [5.74, 6) is 0.872. The van der Waals surface area contributed by atoms with Crippen LogP contribution in [0.5, 0.6) is 17.6 Å². The van der Waals surface area contributed by atoms with Crippen LogP contribution in [-0.2, 0) is 22.4 Å². The molecule has 3 aromatic heterocycles. The van der Waals surface area contributed by atoms with Gasteiger partial charge in [-0.3, -0.25) is 14.7 Å². The van der Waals surface area contributed by atoms with Gasteiger partial charge in [-0.25, -0.2) is 9.18 Å². The predicted octanol–water partition coefficient (Wildman–Crippen LogP) is 7.45. The summed E-state index contributed by atoms with van der Waals surface area (Å²) in [5, 5.41) is 16.9. The smallest absolute Gasteiger partial charge is 0.410 e. The fraction of sp³-hybridized carbons (Fsp3) is 0.542. The number of phenols is 1. The molecule has 0 spiro atoms. The van der Waals surface area contributed by atoms with Gasteiger partial charge in [0.1, 0.15) is 47.9 Å². The van der Waals surface area contributed by atoms with E-state index in [2.05, 4.69) is 28.8 Å². The molecule has 5 saturated heterocycles. The lowest BCUT2D eigenvalue weighted by molar-refractivity contribution is -0.131. The zero-order chi connectivity index (χ0) is 44.0. The first-order chi connectivity index (χ1) is 31.2. The number of phenolic OH excluding ortho intramolecular Hbond substituents is 1. The Hall–Kier alpha value is -5.77. The summed E-state index contributed by atoms with van der Waals surface area (Å²) in [6.07, 6.45) is 11.8. The maximum absolute atomic E-state index is 17.1. The highest BCUT2D eigenvalue weighted by Crippen LogP contribution is 2.44. The average Bonchev–Trinajstić information content (AvgIpc) is 4.05. The summed E-state index contributed by atoms with van der Waals surface area (Å²) >= 11 is 0. The highest BCUT2D eigenvalue weighted by molar-refractivity contribution is 6.01. The maximum atomic E-state index is 17.1. The van der Waals surface area contributed by atoms with Crippen LogP contribution in [0, 0.1) is 5.82 Å². The van der Waals surface area contributed by atoms with Crippen LogP contribution in [0.15, 0.2) is 47.1 Å². The van der Waals surface area contributed by atoms with E-state index in [0.717, 1.165) is 113 Å². The monoisotopic (exact) mass is 876 g/mol. The molecule has 0 aliphatic carbocycles. The minimum Gasteiger partial charge on any atom is -0.508 e. The summed E-state index contributed by atoms with van der Waals surface area (Å²) in [6, 6.07) is 11.2. The standard InChI is InChI=1S/C48H57FN8O7/c1-3-31-12-8-13-32-21-34(58)22-37(41(31)32)43-42(49)44-38(25-50-43)45(54-17-6-4-5-7-18-54)52-46(51-44)62-29-48-15-10-20-57(48)33(14-16-48)28-61-47(60)55-26-36(27-55)63-39-23-35(64-53-39)24-40(59)56-19-9-11-30(56)2/h8,12-13,21-23,25,30,33,36,58H,3-7,9-11,14-20,24,26-29H2,1-2H3. The van der Waals surface area contributed by atoms with Crippen molar-refractivity contribution in [2.45, 2.75) is 115 Å². The number of aromatic nitrogens is 4. The fourth-order valence-electron chi connectivity index (χ4n) is 10.8. The number of benzene rings is 2. The van der Waals surface area contributed by atoms with Gasteiger partial charge >= 0.3 is 12.1 Å². The topological polar surface area (TPSA) is 160 Å². The summed E-state index contributed by atoms with van der Waals surface area (Å²) in [6.45, 7) is 8.64. The van der Waals surface area contributed by atoms with Gasteiger partial charge in [0, 0.05) is 49.5 Å². The molecule has 15 nitrogen and oxygen atoms in total. The number of ether oxygens (including phenoxy) is 3. The lowest BCUT2D eigenvalue weighted by Crippen LogP contribution is -2.56. The molecule has 3 unspecified atom stereocenters. The van der Waals surface area contributed by atoms with E-state index >= 15 is 4.39 Å². The summed E-state index contributed by atoms with van der Waals surface area (Å²) in [7, 11) is 0. The zero-order valence-electron chi connectivity index (χ0n) is 36.8. The highest BCUT2D eigenvalue weighted by Gasteiger charge is 2.50. The number of aryl methyl sites for hydroxylation is 1. The van der Waals surface area contributed by atoms with Crippen LogP contribution in [0.2, 0.25) is 0 Å². The second-order valence-electron chi connectivity index (χ2n) is 18.4. The van der Waals surface area contributed by atoms with Gasteiger partial charge in [-0.05, 0) is 105 Å². The molecule has 5 aliphatic rings. The Morgan fingerprint density at radius 2 is 1.83 bits per heavy atom. The molecule has 16 heteroatoms. The van der Waals surface area contributed by atoms with E-state index in [1.165, 1.54) is 0 Å². The molecule has 10 rings (SSSR count). The molecule has 338 valence electrons. The lowest BCUT2D eigenvalue weighted by Gasteiger charge is -2.38. The Kier molecular flexibility index (Phi) is 11.6. The Bertz CT molecular complexity index is 2540. The van der Waals surface area contributed by atoms with Crippen molar-refractivity contribution in [2.75, 3.05) is 57.4 Å². The molecule has 5 aliphatic heterocycles. The Morgan fingerprint density at radius 1 is 0.984 bits per heavy atom. The molecule has 8 heterocycles. The third-order valence-corrected chi connectivity index (χ3v) is 14.3. The zero-order valence-corrected chi connectivity index (χ0v) is 36.8. The molecule has 0 saturated carbocycles. The van der Waals surface area contributed by atoms with Gasteiger partial charge in [0.15, 0.2) is 5.82 Å². The van der Waals surface area contributed by atoms with E-state index in [0.29, 0.717) is 48.1 Å². The number of halogens is 1. The normalized spacial score (nSPS) is 22.8. The second kappa shape index (κ2) is 17.7. The summed E-state index contributed by atoms with van der Waals surface area (Å²) < 4.78 is 40.9. The van der Waals surface area contributed by atoms with Crippen LogP contribution < -0.4 is 14.4 Å². The third kappa shape index (κ3) is 8.13. The molecule has 5 aromatic rings. The van der Waals surface area contributed by atoms with E-state index in [1.54, 1.807) is 29.3 Å². The Balaban J connectivity index is 0.803. The van der Waals surface area contributed by atoms with Crippen molar-refractivity contribution >= 4 is 39.5 Å². The number of fused-ring (bicyclic) bond motifs is 3. The number of pyridine rings is 1. The van der Waals surface area contributed by atoms with E-state index in [4.69, 9.17) is 33.7 Å². The highest BCUT2D eigenvalue weighted by atomic mass is 19.1. The third-order valence-electron chi connectivity index (χ3n) is 14.3. The molecule has 2 aromatic carbocycles. The molecule has 1 N–H and O–H groups in total. The average molecular weight is 877 g/mol. The van der Waals surface area contributed by atoms with Crippen molar-refractivity contribution in [1.82, 2.24) is 34.8 Å². The molecule has 64 heavy (non-hydrogen) atoms. The number of hydrogen-bond acceptors (Lipinski definition) is 13. The van der Waals surface area contributed by atoms with E-state index in [-0.39, 0.29) is 71.7 Å². The first-order valence-corrected chi connectivity index (χ1v) is 23.3. The fourth-order valence-corrected chi connectivity index (χ4v) is 10.8. The first kappa shape index (κ1) is 42.2. The van der Waals surface area contributed by atoms with Crippen molar-refractivity contribution in [1.29, 1.82) is 0 Å². The van der Waals surface area contributed by atoms with Crippen LogP contribution in [0.1, 0.15) is 89.4 Å². The van der Waals surface area contributed by atoms with Gasteiger partial charge in [-0.15, -0.1) is 0 Å². The number of hydrogen-bond donors (Lipinski definition) is 1. The van der Waals surface area contributed by atoms with E-state index < -0.39 is 5.82 Å². The number of likely N-dealkylation sites (tertiary alicyclic amines) is 2. The van der Waals surface area contributed by atoms with Crippen molar-refractivity contribution in [3.05, 3.63) is 59.7 Å².